The van der Waals surface area contributed by atoms with Crippen molar-refractivity contribution in [1.82, 2.24) is 0 Å². The van der Waals surface area contributed by atoms with Crippen LogP contribution >= 0.6 is 24.4 Å². The van der Waals surface area contributed by atoms with Crippen LogP contribution in [0.5, 0.6) is 0 Å². The van der Waals surface area contributed by atoms with E-state index in [1.807, 2.05) is 11.8 Å². The van der Waals surface area contributed by atoms with Gasteiger partial charge in [0.25, 0.3) is 0 Å². The maximum absolute atomic E-state index is 4.83. The summed E-state index contributed by atoms with van der Waals surface area (Å²) >= 11 is 6.70. The van der Waals surface area contributed by atoms with E-state index in [-0.39, 0.29) is 0 Å². The van der Waals surface area contributed by atoms with Gasteiger partial charge in [-0.25, -0.2) is 0 Å². The maximum Gasteiger partial charge on any atom is 0.0614 e. The summed E-state index contributed by atoms with van der Waals surface area (Å²) in [6.07, 6.45) is 1.26. The largest absolute Gasteiger partial charge is 0.147 e. The standard InChI is InChI=1S/C3H5S2/c4-3-1-2-5-3/h3H,1-2H2. The van der Waals surface area contributed by atoms with E-state index in [0.717, 1.165) is 0 Å². The third-order valence-corrected chi connectivity index (χ3v) is 2.38. The van der Waals surface area contributed by atoms with E-state index in [9.17, 15) is 0 Å². The normalized spacial score (nSPS) is 36.6. The first-order valence-corrected chi connectivity index (χ1v) is 3.19. The van der Waals surface area contributed by atoms with E-state index >= 15 is 0 Å². The lowest BCUT2D eigenvalue weighted by Gasteiger charge is -2.16. The lowest BCUT2D eigenvalue weighted by Crippen LogP contribution is -2.06. The Hall–Kier alpha value is 0.700. The molecular formula is C3H5S2. The highest BCUT2D eigenvalue weighted by atomic mass is 32.2. The lowest BCUT2D eigenvalue weighted by molar-refractivity contribution is 1.01. The van der Waals surface area contributed by atoms with Gasteiger partial charge < -0.3 is 0 Å². The van der Waals surface area contributed by atoms with E-state index in [1.165, 1.54) is 12.2 Å². The molecule has 0 aromatic carbocycles. The third kappa shape index (κ3) is 0.763. The molecule has 0 N–H and O–H groups in total. The van der Waals surface area contributed by atoms with Gasteiger partial charge in [-0.05, 0) is 12.2 Å². The lowest BCUT2D eigenvalue weighted by atomic mass is 10.5. The summed E-state index contributed by atoms with van der Waals surface area (Å²) in [5, 5.41) is 0. The van der Waals surface area contributed by atoms with Crippen molar-refractivity contribution in [1.29, 1.82) is 0 Å². The van der Waals surface area contributed by atoms with Crippen molar-refractivity contribution >= 4 is 24.4 Å². The molecule has 1 aliphatic heterocycles. The van der Waals surface area contributed by atoms with Crippen molar-refractivity contribution in [2.75, 3.05) is 5.75 Å². The molecule has 0 nitrogen and oxygen atoms in total. The van der Waals surface area contributed by atoms with Gasteiger partial charge in [0, 0.05) is 0 Å². The van der Waals surface area contributed by atoms with Crippen molar-refractivity contribution in [2.24, 2.45) is 0 Å². The minimum atomic E-state index is 0.565. The highest BCUT2D eigenvalue weighted by molar-refractivity contribution is 8.11. The zero-order valence-corrected chi connectivity index (χ0v) is 4.44. The summed E-state index contributed by atoms with van der Waals surface area (Å²) in [6.45, 7) is 0. The zero-order valence-electron chi connectivity index (χ0n) is 2.81. The number of hydrogen-bond donors (Lipinski definition) is 0. The Morgan fingerprint density at radius 1 is 1.80 bits per heavy atom. The Bertz CT molecular complexity index is 31.9. The number of hydrogen-bond acceptors (Lipinski definition) is 1. The molecule has 29 valence electrons. The van der Waals surface area contributed by atoms with Crippen LogP contribution in [0.4, 0.5) is 0 Å². The van der Waals surface area contributed by atoms with Crippen LogP contribution in [0.15, 0.2) is 0 Å². The molecule has 1 heterocycles. The van der Waals surface area contributed by atoms with Crippen LogP contribution in [-0.4, -0.2) is 10.3 Å². The van der Waals surface area contributed by atoms with Gasteiger partial charge in [-0.2, -0.15) is 0 Å². The van der Waals surface area contributed by atoms with Gasteiger partial charge in [-0.3, -0.25) is 0 Å². The second-order valence-electron chi connectivity index (χ2n) is 1.09. The van der Waals surface area contributed by atoms with Crippen LogP contribution in [0, 0.1) is 0 Å². The molecule has 0 aliphatic carbocycles. The molecule has 0 spiro atoms. The second-order valence-corrected chi connectivity index (χ2v) is 3.27. The number of rotatable bonds is 0. The van der Waals surface area contributed by atoms with Crippen LogP contribution in [0.2, 0.25) is 0 Å². The van der Waals surface area contributed by atoms with Gasteiger partial charge >= 0.3 is 0 Å². The smallest absolute Gasteiger partial charge is 0.0614 e. The maximum atomic E-state index is 4.83. The van der Waals surface area contributed by atoms with Gasteiger partial charge in [0.1, 0.15) is 0 Å². The average Bonchev–Trinajstić information content (AvgIpc) is 1.30. The minimum Gasteiger partial charge on any atom is -0.147 e. The molecule has 0 aromatic heterocycles. The molecule has 1 aliphatic rings. The molecule has 1 saturated heterocycles. The Labute approximate surface area is 41.7 Å². The Morgan fingerprint density at radius 3 is 2.20 bits per heavy atom. The monoisotopic (exact) mass is 105 g/mol. The molecular weight excluding hydrogens is 100 g/mol. The summed E-state index contributed by atoms with van der Waals surface area (Å²) in [5.41, 5.74) is 0. The van der Waals surface area contributed by atoms with E-state index in [4.69, 9.17) is 12.6 Å². The molecule has 1 radical (unpaired) electrons. The molecule has 1 atom stereocenters. The van der Waals surface area contributed by atoms with E-state index < -0.39 is 0 Å². The highest BCUT2D eigenvalue weighted by Crippen LogP contribution is 2.29. The Morgan fingerprint density at radius 2 is 2.20 bits per heavy atom. The third-order valence-electron chi connectivity index (χ3n) is 0.657. The first-order valence-electron chi connectivity index (χ1n) is 1.67. The predicted molar refractivity (Wildman–Crippen MR) is 28.5 cm³/mol. The first kappa shape index (κ1) is 3.88. The molecule has 1 unspecified atom stereocenters. The minimum absolute atomic E-state index is 0.565. The van der Waals surface area contributed by atoms with Crippen LogP contribution < -0.4 is 0 Å². The fourth-order valence-electron chi connectivity index (χ4n) is 0.214. The fourth-order valence-corrected chi connectivity index (χ4v) is 1.22. The molecule has 0 aromatic rings. The van der Waals surface area contributed by atoms with Crippen molar-refractivity contribution in [2.45, 2.75) is 11.0 Å². The highest BCUT2D eigenvalue weighted by Gasteiger charge is 2.12. The van der Waals surface area contributed by atoms with E-state index in [2.05, 4.69) is 0 Å². The van der Waals surface area contributed by atoms with Crippen LogP contribution in [0.25, 0.3) is 0 Å². The van der Waals surface area contributed by atoms with Crippen molar-refractivity contribution in [3.63, 3.8) is 0 Å². The Balaban J connectivity index is 2.08. The molecule has 0 saturated carbocycles. The SMILES string of the molecule is [S]C1CCS1. The van der Waals surface area contributed by atoms with E-state index in [0.29, 0.717) is 4.58 Å². The molecule has 0 amide bonds. The molecule has 2 heteroatoms. The fraction of sp³-hybridized carbons (Fsp3) is 1.00. The van der Waals surface area contributed by atoms with Crippen molar-refractivity contribution in [3.8, 4) is 0 Å². The number of thioether (sulfide) groups is 1. The van der Waals surface area contributed by atoms with Gasteiger partial charge in [0.15, 0.2) is 0 Å². The molecule has 0 bridgehead atoms. The summed E-state index contributed by atoms with van der Waals surface area (Å²) in [7, 11) is 0. The van der Waals surface area contributed by atoms with Crippen LogP contribution in [0.3, 0.4) is 0 Å². The summed E-state index contributed by atoms with van der Waals surface area (Å²) in [4.78, 5) is 0. The zero-order chi connectivity index (χ0) is 3.70. The second kappa shape index (κ2) is 1.43. The van der Waals surface area contributed by atoms with Crippen LogP contribution in [0.1, 0.15) is 6.42 Å². The predicted octanol–water partition coefficient (Wildman–Crippen LogP) is 1.65. The van der Waals surface area contributed by atoms with Gasteiger partial charge in [-0.1, -0.05) is 12.6 Å². The average molecular weight is 105 g/mol. The molecule has 1 rings (SSSR count). The summed E-state index contributed by atoms with van der Waals surface area (Å²) < 4.78 is 0.565. The van der Waals surface area contributed by atoms with Crippen LogP contribution in [-0.2, 0) is 0 Å². The Kier molecular flexibility index (Phi) is 1.11. The van der Waals surface area contributed by atoms with Gasteiger partial charge in [-0.15, -0.1) is 11.8 Å². The van der Waals surface area contributed by atoms with Crippen molar-refractivity contribution < 1.29 is 0 Å². The summed E-state index contributed by atoms with van der Waals surface area (Å²) in [5.74, 6) is 1.30. The van der Waals surface area contributed by atoms with E-state index in [1.54, 1.807) is 0 Å². The molecule has 5 heavy (non-hydrogen) atoms. The summed E-state index contributed by atoms with van der Waals surface area (Å²) in [6, 6.07) is 0. The van der Waals surface area contributed by atoms with Gasteiger partial charge in [0.2, 0.25) is 0 Å². The first-order chi connectivity index (χ1) is 2.39. The molecule has 1 fully saturated rings. The van der Waals surface area contributed by atoms with Gasteiger partial charge in [0.05, 0.1) is 4.58 Å². The topological polar surface area (TPSA) is 0 Å². The quantitative estimate of drug-likeness (QED) is 0.451. The van der Waals surface area contributed by atoms with Crippen molar-refractivity contribution in [3.05, 3.63) is 0 Å².